The lowest BCUT2D eigenvalue weighted by Gasteiger charge is -2.56. The van der Waals surface area contributed by atoms with Gasteiger partial charge in [0, 0.05) is 28.9 Å². The van der Waals surface area contributed by atoms with E-state index < -0.39 is 0 Å². The number of fused-ring (bicyclic) bond motifs is 4. The fourth-order valence-electron chi connectivity index (χ4n) is 4.29. The van der Waals surface area contributed by atoms with Crippen LogP contribution in [0.25, 0.3) is 10.9 Å². The molecule has 3 aliphatic rings. The quantitative estimate of drug-likeness (QED) is 0.895. The van der Waals surface area contributed by atoms with Crippen LogP contribution in [-0.4, -0.2) is 40.5 Å². The average molecular weight is 297 g/mol. The van der Waals surface area contributed by atoms with Gasteiger partial charge >= 0.3 is 0 Å². The number of carbonyl (C=O) groups excluding carboxylic acids is 1. The Balaban J connectivity index is 1.58. The molecule has 1 aromatic heterocycles. The predicted octanol–water partition coefficient (Wildman–Crippen LogP) is 2.77. The van der Waals surface area contributed by atoms with Gasteiger partial charge in [-0.25, -0.2) is 0 Å². The van der Waals surface area contributed by atoms with Crippen molar-refractivity contribution < 1.29 is 4.79 Å². The average Bonchev–Trinajstić information content (AvgIpc) is 2.98. The lowest BCUT2D eigenvalue weighted by molar-refractivity contribution is -0.0378. The minimum Gasteiger partial charge on any atom is -0.361 e. The first-order valence-corrected chi connectivity index (χ1v) is 8.19. The molecular formula is C18H23N3O. The number of amides is 1. The first-order chi connectivity index (χ1) is 10.6. The van der Waals surface area contributed by atoms with Crippen molar-refractivity contribution in [1.82, 2.24) is 15.2 Å². The van der Waals surface area contributed by atoms with Crippen molar-refractivity contribution in [1.29, 1.82) is 0 Å². The summed E-state index contributed by atoms with van der Waals surface area (Å²) in [5, 5.41) is 4.46. The van der Waals surface area contributed by atoms with Crippen LogP contribution in [-0.2, 0) is 0 Å². The maximum Gasteiger partial charge on any atom is 0.251 e. The number of aromatic nitrogens is 1. The number of benzene rings is 1. The van der Waals surface area contributed by atoms with Gasteiger partial charge in [-0.2, -0.15) is 0 Å². The van der Waals surface area contributed by atoms with E-state index in [0.29, 0.717) is 5.92 Å². The maximum atomic E-state index is 12.7. The number of aromatic amines is 1. The highest BCUT2D eigenvalue weighted by Gasteiger charge is 2.48. The first-order valence-electron chi connectivity index (χ1n) is 8.19. The normalized spacial score (nSPS) is 29.6. The Kier molecular flexibility index (Phi) is 3.05. The number of hydrogen-bond acceptors (Lipinski definition) is 2. The number of H-pyrrole nitrogens is 1. The molecule has 2 bridgehead atoms. The highest BCUT2D eigenvalue weighted by molar-refractivity contribution is 5.98. The zero-order chi connectivity index (χ0) is 15.3. The van der Waals surface area contributed by atoms with Crippen molar-refractivity contribution in [3.05, 3.63) is 36.0 Å². The van der Waals surface area contributed by atoms with Crippen LogP contribution >= 0.6 is 0 Å². The molecule has 22 heavy (non-hydrogen) atoms. The molecule has 4 nitrogen and oxygen atoms in total. The zero-order valence-corrected chi connectivity index (χ0v) is 13.2. The van der Waals surface area contributed by atoms with Gasteiger partial charge in [-0.1, -0.05) is 6.07 Å². The molecule has 3 aliphatic heterocycles. The molecule has 0 unspecified atom stereocenters. The summed E-state index contributed by atoms with van der Waals surface area (Å²) >= 11 is 0. The van der Waals surface area contributed by atoms with Crippen molar-refractivity contribution in [2.24, 2.45) is 5.92 Å². The smallest absolute Gasteiger partial charge is 0.251 e. The molecule has 0 aliphatic carbocycles. The van der Waals surface area contributed by atoms with E-state index in [4.69, 9.17) is 0 Å². The molecule has 3 fully saturated rings. The summed E-state index contributed by atoms with van der Waals surface area (Å²) in [7, 11) is 0. The van der Waals surface area contributed by atoms with Crippen LogP contribution in [0.4, 0.5) is 0 Å². The predicted molar refractivity (Wildman–Crippen MR) is 87.9 cm³/mol. The Morgan fingerprint density at radius 3 is 2.77 bits per heavy atom. The number of carbonyl (C=O) groups is 1. The summed E-state index contributed by atoms with van der Waals surface area (Å²) in [6.45, 7) is 6.85. The van der Waals surface area contributed by atoms with Crippen LogP contribution in [0, 0.1) is 5.92 Å². The van der Waals surface area contributed by atoms with Crippen molar-refractivity contribution in [3.8, 4) is 0 Å². The zero-order valence-electron chi connectivity index (χ0n) is 13.2. The van der Waals surface area contributed by atoms with E-state index >= 15 is 0 Å². The van der Waals surface area contributed by atoms with Crippen molar-refractivity contribution in [2.75, 3.05) is 13.1 Å². The third-order valence-corrected chi connectivity index (χ3v) is 5.69. The summed E-state index contributed by atoms with van der Waals surface area (Å²) in [6.07, 6.45) is 4.30. The third-order valence-electron chi connectivity index (χ3n) is 5.69. The van der Waals surface area contributed by atoms with Crippen molar-refractivity contribution in [3.63, 3.8) is 0 Å². The van der Waals surface area contributed by atoms with E-state index in [1.54, 1.807) is 0 Å². The minimum absolute atomic E-state index is 0.0447. The standard InChI is InChI=1S/C18H23N3O/c1-18(2)16(13-6-9-21(18)10-7-13)20-17(22)14-4-3-12-5-8-19-15(12)11-14/h3-5,8,11,13,16,19H,6-7,9-10H2,1-2H3,(H,20,22)/t16-/m0/s1. The van der Waals surface area contributed by atoms with E-state index in [9.17, 15) is 4.79 Å². The van der Waals surface area contributed by atoms with Gasteiger partial charge in [0.25, 0.3) is 5.91 Å². The van der Waals surface area contributed by atoms with Crippen LogP contribution in [0.1, 0.15) is 37.0 Å². The largest absolute Gasteiger partial charge is 0.361 e. The molecule has 2 N–H and O–H groups in total. The van der Waals surface area contributed by atoms with E-state index in [2.05, 4.69) is 29.0 Å². The second-order valence-electron chi connectivity index (χ2n) is 7.21. The first kappa shape index (κ1) is 13.8. The van der Waals surface area contributed by atoms with Crippen LogP contribution in [0.15, 0.2) is 30.5 Å². The van der Waals surface area contributed by atoms with Gasteiger partial charge in [0.2, 0.25) is 0 Å². The molecule has 1 aromatic carbocycles. The number of hydrogen-bond donors (Lipinski definition) is 2. The molecule has 0 saturated carbocycles. The lowest BCUT2D eigenvalue weighted by Crippen LogP contribution is -2.69. The van der Waals surface area contributed by atoms with Crippen LogP contribution in [0.5, 0.6) is 0 Å². The summed E-state index contributed by atoms with van der Waals surface area (Å²) in [6, 6.07) is 8.12. The molecule has 4 heteroatoms. The summed E-state index contributed by atoms with van der Waals surface area (Å²) in [5.41, 5.74) is 1.80. The summed E-state index contributed by atoms with van der Waals surface area (Å²) in [5.74, 6) is 0.654. The van der Waals surface area contributed by atoms with Gasteiger partial charge in [0.1, 0.15) is 0 Å². The molecule has 2 aromatic rings. The van der Waals surface area contributed by atoms with Gasteiger partial charge in [0.15, 0.2) is 0 Å². The Morgan fingerprint density at radius 1 is 1.27 bits per heavy atom. The second kappa shape index (κ2) is 4.85. The Morgan fingerprint density at radius 2 is 2.05 bits per heavy atom. The van der Waals surface area contributed by atoms with Gasteiger partial charge in [-0.15, -0.1) is 0 Å². The van der Waals surface area contributed by atoms with Crippen LogP contribution in [0.2, 0.25) is 0 Å². The topological polar surface area (TPSA) is 48.1 Å². The highest BCUT2D eigenvalue weighted by Crippen LogP contribution is 2.39. The van der Waals surface area contributed by atoms with Gasteiger partial charge < -0.3 is 10.3 Å². The fraction of sp³-hybridized carbons (Fsp3) is 0.500. The SMILES string of the molecule is CC1(C)[C@@H](NC(=O)c2ccc3cc[nH]c3c2)C2CCN1CC2. The van der Waals surface area contributed by atoms with Crippen molar-refractivity contribution >= 4 is 16.8 Å². The number of nitrogens with zero attached hydrogens (tertiary/aromatic N) is 1. The molecule has 4 heterocycles. The lowest BCUT2D eigenvalue weighted by atomic mass is 9.72. The molecular weight excluding hydrogens is 274 g/mol. The molecule has 3 saturated heterocycles. The number of rotatable bonds is 2. The Bertz CT molecular complexity index is 710. The molecule has 0 spiro atoms. The molecule has 0 radical (unpaired) electrons. The van der Waals surface area contributed by atoms with E-state index in [-0.39, 0.29) is 17.5 Å². The highest BCUT2D eigenvalue weighted by atomic mass is 16.1. The van der Waals surface area contributed by atoms with Gasteiger partial charge in [0.05, 0.1) is 0 Å². The second-order valence-corrected chi connectivity index (χ2v) is 7.21. The summed E-state index contributed by atoms with van der Waals surface area (Å²) < 4.78 is 0. The Hall–Kier alpha value is -1.81. The van der Waals surface area contributed by atoms with Crippen LogP contribution < -0.4 is 5.32 Å². The fourth-order valence-corrected chi connectivity index (χ4v) is 4.29. The molecule has 116 valence electrons. The van der Waals surface area contributed by atoms with Gasteiger partial charge in [-0.05, 0) is 69.3 Å². The van der Waals surface area contributed by atoms with E-state index in [1.807, 2.05) is 30.5 Å². The van der Waals surface area contributed by atoms with Gasteiger partial charge in [-0.3, -0.25) is 9.69 Å². The molecule has 1 atom stereocenters. The summed E-state index contributed by atoms with van der Waals surface area (Å²) in [4.78, 5) is 18.4. The third kappa shape index (κ3) is 2.05. The molecule has 5 rings (SSSR count). The number of nitrogens with one attached hydrogen (secondary N) is 2. The van der Waals surface area contributed by atoms with Crippen LogP contribution in [0.3, 0.4) is 0 Å². The number of piperidine rings is 3. The van der Waals surface area contributed by atoms with E-state index in [1.165, 1.54) is 25.9 Å². The van der Waals surface area contributed by atoms with E-state index in [0.717, 1.165) is 16.5 Å². The minimum atomic E-state index is 0.0447. The monoisotopic (exact) mass is 297 g/mol. The maximum absolute atomic E-state index is 12.7. The van der Waals surface area contributed by atoms with Crippen molar-refractivity contribution in [2.45, 2.75) is 38.3 Å². The Labute approximate surface area is 130 Å². The molecule has 1 amide bonds.